The van der Waals surface area contributed by atoms with E-state index in [0.717, 1.165) is 25.9 Å². The molecule has 2 heteroatoms. The van der Waals surface area contributed by atoms with Crippen molar-refractivity contribution in [1.29, 1.82) is 0 Å². The Labute approximate surface area is 105 Å². The molecule has 0 saturated carbocycles. The third-order valence-corrected chi connectivity index (χ3v) is 2.96. The Bertz CT molecular complexity index is 286. The molecule has 0 aliphatic heterocycles. The first-order chi connectivity index (χ1) is 8.27. The van der Waals surface area contributed by atoms with Crippen molar-refractivity contribution in [3.63, 3.8) is 0 Å². The quantitative estimate of drug-likeness (QED) is 0.746. The average Bonchev–Trinajstić information content (AvgIpc) is 2.36. The van der Waals surface area contributed by atoms with Crippen LogP contribution < -0.4 is 4.90 Å². The lowest BCUT2D eigenvalue weighted by Crippen LogP contribution is -2.33. The standard InChI is InChI=1S/C15H25NO/c1-3-5-12-16(13-15(17)9-4-2)14-10-7-6-8-11-14/h6-8,10-11,15,17H,3-5,9,12-13H2,1-2H3. The number of aliphatic hydroxyl groups excluding tert-OH is 1. The molecule has 0 aliphatic rings. The Morgan fingerprint density at radius 3 is 2.41 bits per heavy atom. The minimum Gasteiger partial charge on any atom is -0.391 e. The first-order valence-corrected chi connectivity index (χ1v) is 6.76. The predicted molar refractivity (Wildman–Crippen MR) is 74.5 cm³/mol. The molecule has 0 aromatic heterocycles. The van der Waals surface area contributed by atoms with E-state index in [2.05, 4.69) is 43.0 Å². The molecule has 1 N–H and O–H groups in total. The van der Waals surface area contributed by atoms with Gasteiger partial charge in [-0.1, -0.05) is 44.9 Å². The summed E-state index contributed by atoms with van der Waals surface area (Å²) in [5.74, 6) is 0. The van der Waals surface area contributed by atoms with Crippen molar-refractivity contribution >= 4 is 5.69 Å². The molecular weight excluding hydrogens is 210 g/mol. The second-order valence-electron chi connectivity index (χ2n) is 4.58. The number of benzene rings is 1. The van der Waals surface area contributed by atoms with Gasteiger partial charge in [-0.25, -0.2) is 0 Å². The monoisotopic (exact) mass is 235 g/mol. The van der Waals surface area contributed by atoms with Crippen LogP contribution in [0.1, 0.15) is 39.5 Å². The molecule has 1 aromatic rings. The maximum atomic E-state index is 9.94. The number of nitrogens with zero attached hydrogens (tertiary/aromatic N) is 1. The molecule has 1 rings (SSSR count). The van der Waals surface area contributed by atoms with E-state index in [-0.39, 0.29) is 6.10 Å². The van der Waals surface area contributed by atoms with Gasteiger partial charge in [-0.15, -0.1) is 0 Å². The number of anilines is 1. The van der Waals surface area contributed by atoms with Crippen LogP contribution in [-0.4, -0.2) is 24.3 Å². The van der Waals surface area contributed by atoms with E-state index in [4.69, 9.17) is 0 Å². The van der Waals surface area contributed by atoms with Gasteiger partial charge in [-0.3, -0.25) is 0 Å². The van der Waals surface area contributed by atoms with Crippen molar-refractivity contribution in [3.8, 4) is 0 Å². The van der Waals surface area contributed by atoms with E-state index >= 15 is 0 Å². The molecule has 2 nitrogen and oxygen atoms in total. The number of para-hydroxylation sites is 1. The van der Waals surface area contributed by atoms with Crippen LogP contribution in [0.2, 0.25) is 0 Å². The first-order valence-electron chi connectivity index (χ1n) is 6.76. The maximum Gasteiger partial charge on any atom is 0.0715 e. The summed E-state index contributed by atoms with van der Waals surface area (Å²) in [4.78, 5) is 2.30. The minimum atomic E-state index is -0.211. The second kappa shape index (κ2) is 8.13. The summed E-state index contributed by atoms with van der Waals surface area (Å²) in [5.41, 5.74) is 1.22. The SMILES string of the molecule is CCCCN(CC(O)CCC)c1ccccc1. The van der Waals surface area contributed by atoms with E-state index in [9.17, 15) is 5.11 Å². The number of rotatable bonds is 8. The lowest BCUT2D eigenvalue weighted by Gasteiger charge is -2.27. The zero-order valence-corrected chi connectivity index (χ0v) is 11.1. The molecule has 0 amide bonds. The van der Waals surface area contributed by atoms with Gasteiger partial charge in [0.2, 0.25) is 0 Å². The highest BCUT2D eigenvalue weighted by atomic mass is 16.3. The van der Waals surface area contributed by atoms with Crippen molar-refractivity contribution in [2.75, 3.05) is 18.0 Å². The van der Waals surface area contributed by atoms with Gasteiger partial charge in [0.1, 0.15) is 0 Å². The highest BCUT2D eigenvalue weighted by molar-refractivity contribution is 5.45. The smallest absolute Gasteiger partial charge is 0.0715 e. The van der Waals surface area contributed by atoms with Crippen molar-refractivity contribution in [1.82, 2.24) is 0 Å². The fraction of sp³-hybridized carbons (Fsp3) is 0.600. The molecule has 0 aliphatic carbocycles. The fourth-order valence-corrected chi connectivity index (χ4v) is 1.99. The summed E-state index contributed by atoms with van der Waals surface area (Å²) in [6.07, 6.45) is 4.07. The summed E-state index contributed by atoms with van der Waals surface area (Å²) >= 11 is 0. The normalized spacial score (nSPS) is 12.4. The Kier molecular flexibility index (Phi) is 6.71. The molecule has 17 heavy (non-hydrogen) atoms. The fourth-order valence-electron chi connectivity index (χ4n) is 1.99. The molecule has 1 unspecified atom stereocenters. The van der Waals surface area contributed by atoms with E-state index < -0.39 is 0 Å². The van der Waals surface area contributed by atoms with E-state index in [1.807, 2.05) is 6.07 Å². The van der Waals surface area contributed by atoms with Crippen LogP contribution in [0.5, 0.6) is 0 Å². The van der Waals surface area contributed by atoms with Crippen LogP contribution in [0.4, 0.5) is 5.69 Å². The largest absolute Gasteiger partial charge is 0.391 e. The third kappa shape index (κ3) is 5.22. The summed E-state index contributed by atoms with van der Waals surface area (Å²) in [5, 5.41) is 9.94. The minimum absolute atomic E-state index is 0.211. The van der Waals surface area contributed by atoms with Gasteiger partial charge in [0.25, 0.3) is 0 Å². The summed E-state index contributed by atoms with van der Waals surface area (Å²) < 4.78 is 0. The van der Waals surface area contributed by atoms with Gasteiger partial charge >= 0.3 is 0 Å². The third-order valence-electron chi connectivity index (χ3n) is 2.96. The van der Waals surface area contributed by atoms with Crippen LogP contribution in [0, 0.1) is 0 Å². The summed E-state index contributed by atoms with van der Waals surface area (Å²) in [6.45, 7) is 6.09. The van der Waals surface area contributed by atoms with Crippen molar-refractivity contribution in [2.24, 2.45) is 0 Å². The molecular formula is C15H25NO. The Morgan fingerprint density at radius 1 is 1.12 bits per heavy atom. The van der Waals surface area contributed by atoms with E-state index in [1.54, 1.807) is 0 Å². The second-order valence-corrected chi connectivity index (χ2v) is 4.58. The van der Waals surface area contributed by atoms with Crippen LogP contribution >= 0.6 is 0 Å². The molecule has 1 atom stereocenters. The van der Waals surface area contributed by atoms with Gasteiger partial charge in [-0.05, 0) is 25.0 Å². The molecule has 1 aromatic carbocycles. The zero-order valence-electron chi connectivity index (χ0n) is 11.1. The van der Waals surface area contributed by atoms with E-state index in [1.165, 1.54) is 18.5 Å². The first kappa shape index (κ1) is 14.0. The number of hydrogen-bond donors (Lipinski definition) is 1. The lowest BCUT2D eigenvalue weighted by molar-refractivity contribution is 0.168. The van der Waals surface area contributed by atoms with Crippen molar-refractivity contribution in [2.45, 2.75) is 45.6 Å². The number of unbranched alkanes of at least 4 members (excludes halogenated alkanes) is 1. The van der Waals surface area contributed by atoms with Gasteiger partial charge in [0, 0.05) is 18.8 Å². The molecule has 0 radical (unpaired) electrons. The van der Waals surface area contributed by atoms with Crippen molar-refractivity contribution < 1.29 is 5.11 Å². The number of aliphatic hydroxyl groups is 1. The van der Waals surface area contributed by atoms with Gasteiger partial charge in [0.15, 0.2) is 0 Å². The molecule has 0 spiro atoms. The van der Waals surface area contributed by atoms with Gasteiger partial charge in [-0.2, -0.15) is 0 Å². The molecule has 0 fully saturated rings. The molecule has 0 bridgehead atoms. The lowest BCUT2D eigenvalue weighted by atomic mass is 10.1. The number of hydrogen-bond acceptors (Lipinski definition) is 2. The highest BCUT2D eigenvalue weighted by Crippen LogP contribution is 2.15. The van der Waals surface area contributed by atoms with Gasteiger partial charge < -0.3 is 10.0 Å². The summed E-state index contributed by atoms with van der Waals surface area (Å²) in [7, 11) is 0. The predicted octanol–water partition coefficient (Wildman–Crippen LogP) is 3.45. The molecule has 96 valence electrons. The maximum absolute atomic E-state index is 9.94. The van der Waals surface area contributed by atoms with E-state index in [0.29, 0.717) is 0 Å². The van der Waals surface area contributed by atoms with Crippen LogP contribution in [0.3, 0.4) is 0 Å². The zero-order chi connectivity index (χ0) is 12.5. The van der Waals surface area contributed by atoms with Crippen molar-refractivity contribution in [3.05, 3.63) is 30.3 Å². The van der Waals surface area contributed by atoms with Crippen LogP contribution in [0.25, 0.3) is 0 Å². The average molecular weight is 235 g/mol. The Hall–Kier alpha value is -1.02. The van der Waals surface area contributed by atoms with Gasteiger partial charge in [0.05, 0.1) is 6.10 Å². The Morgan fingerprint density at radius 2 is 1.82 bits per heavy atom. The molecule has 0 heterocycles. The Balaban J connectivity index is 2.60. The van der Waals surface area contributed by atoms with Crippen LogP contribution in [-0.2, 0) is 0 Å². The van der Waals surface area contributed by atoms with Crippen LogP contribution in [0.15, 0.2) is 30.3 Å². The highest BCUT2D eigenvalue weighted by Gasteiger charge is 2.11. The summed E-state index contributed by atoms with van der Waals surface area (Å²) in [6, 6.07) is 10.4. The molecule has 0 saturated heterocycles. The topological polar surface area (TPSA) is 23.5 Å².